The number of rotatable bonds is 4. The predicted molar refractivity (Wildman–Crippen MR) is 65.1 cm³/mol. The summed E-state index contributed by atoms with van der Waals surface area (Å²) in [5, 5.41) is 4.33. The van der Waals surface area contributed by atoms with Crippen LogP contribution >= 0.6 is 11.6 Å². The molecule has 0 bridgehead atoms. The quantitative estimate of drug-likeness (QED) is 0.822. The molecule has 1 aliphatic rings. The smallest absolute Gasteiger partial charge is 0.0406 e. The Labute approximate surface area is 96.8 Å². The zero-order valence-electron chi connectivity index (χ0n) is 9.22. The van der Waals surface area contributed by atoms with Gasteiger partial charge in [0.15, 0.2) is 0 Å². The molecular weight excluding hydrogens is 206 g/mol. The van der Waals surface area contributed by atoms with Crippen LogP contribution in [0.1, 0.15) is 31.7 Å². The van der Waals surface area contributed by atoms with Crippen molar-refractivity contribution < 1.29 is 0 Å². The maximum Gasteiger partial charge on any atom is 0.0406 e. The molecule has 1 aromatic rings. The second-order valence-corrected chi connectivity index (χ2v) is 5.33. The molecule has 82 valence electrons. The average Bonchev–Trinajstić information content (AvgIpc) is 2.19. The molecule has 1 nitrogen and oxygen atoms in total. The van der Waals surface area contributed by atoms with Gasteiger partial charge >= 0.3 is 0 Å². The van der Waals surface area contributed by atoms with Gasteiger partial charge < -0.3 is 5.32 Å². The molecule has 0 atom stereocenters. The largest absolute Gasteiger partial charge is 0.312 e. The second-order valence-electron chi connectivity index (χ2n) is 4.89. The standard InChI is InChI=1S/C13H18ClN/c1-13(7-2-8-13)10-15-9-11-3-5-12(14)6-4-11/h3-6,15H,2,7-10H2,1H3. The Morgan fingerprint density at radius 2 is 1.93 bits per heavy atom. The first-order valence-corrected chi connectivity index (χ1v) is 6.01. The molecular formula is C13H18ClN. The third-order valence-corrected chi connectivity index (χ3v) is 3.61. The van der Waals surface area contributed by atoms with Crippen LogP contribution in [0.15, 0.2) is 24.3 Å². The van der Waals surface area contributed by atoms with E-state index in [0.717, 1.165) is 18.1 Å². The zero-order valence-corrected chi connectivity index (χ0v) is 9.98. The zero-order chi connectivity index (χ0) is 10.7. The van der Waals surface area contributed by atoms with Crippen LogP contribution in [0.5, 0.6) is 0 Å². The summed E-state index contributed by atoms with van der Waals surface area (Å²) in [6.45, 7) is 4.45. The Morgan fingerprint density at radius 3 is 2.47 bits per heavy atom. The van der Waals surface area contributed by atoms with Crippen molar-refractivity contribution in [1.29, 1.82) is 0 Å². The van der Waals surface area contributed by atoms with Gasteiger partial charge in [-0.1, -0.05) is 37.1 Å². The van der Waals surface area contributed by atoms with Crippen LogP contribution < -0.4 is 5.32 Å². The monoisotopic (exact) mass is 223 g/mol. The summed E-state index contributed by atoms with van der Waals surface area (Å²) >= 11 is 5.83. The van der Waals surface area contributed by atoms with Crippen molar-refractivity contribution in [3.8, 4) is 0 Å². The van der Waals surface area contributed by atoms with Crippen LogP contribution in [0.25, 0.3) is 0 Å². The molecule has 0 spiro atoms. The van der Waals surface area contributed by atoms with E-state index in [-0.39, 0.29) is 0 Å². The number of halogens is 1. The highest BCUT2D eigenvalue weighted by Crippen LogP contribution is 2.39. The summed E-state index contributed by atoms with van der Waals surface area (Å²) in [7, 11) is 0. The minimum Gasteiger partial charge on any atom is -0.312 e. The van der Waals surface area contributed by atoms with Crippen molar-refractivity contribution >= 4 is 11.6 Å². The Hall–Kier alpha value is -0.530. The van der Waals surface area contributed by atoms with Crippen LogP contribution in [0, 0.1) is 5.41 Å². The van der Waals surface area contributed by atoms with E-state index >= 15 is 0 Å². The summed E-state index contributed by atoms with van der Waals surface area (Å²) < 4.78 is 0. The van der Waals surface area contributed by atoms with E-state index in [2.05, 4.69) is 24.4 Å². The van der Waals surface area contributed by atoms with Gasteiger partial charge in [0.25, 0.3) is 0 Å². The lowest BCUT2D eigenvalue weighted by atomic mass is 9.70. The average molecular weight is 224 g/mol. The van der Waals surface area contributed by atoms with Crippen LogP contribution in [-0.2, 0) is 6.54 Å². The van der Waals surface area contributed by atoms with E-state index in [9.17, 15) is 0 Å². The Bertz CT molecular complexity index is 314. The van der Waals surface area contributed by atoms with E-state index in [4.69, 9.17) is 11.6 Å². The fourth-order valence-corrected chi connectivity index (χ4v) is 2.19. The molecule has 0 aromatic heterocycles. The molecule has 0 unspecified atom stereocenters. The minimum atomic E-state index is 0.562. The lowest BCUT2D eigenvalue weighted by Gasteiger charge is -2.38. The lowest BCUT2D eigenvalue weighted by Crippen LogP contribution is -2.36. The maximum absolute atomic E-state index is 5.83. The number of hydrogen-bond donors (Lipinski definition) is 1. The van der Waals surface area contributed by atoms with Gasteiger partial charge in [-0.15, -0.1) is 0 Å². The molecule has 1 aromatic carbocycles. The van der Waals surface area contributed by atoms with E-state index in [0.29, 0.717) is 5.41 Å². The van der Waals surface area contributed by atoms with Gasteiger partial charge in [-0.25, -0.2) is 0 Å². The molecule has 0 saturated heterocycles. The topological polar surface area (TPSA) is 12.0 Å². The van der Waals surface area contributed by atoms with E-state index in [1.807, 2.05) is 12.1 Å². The Morgan fingerprint density at radius 1 is 1.27 bits per heavy atom. The highest BCUT2D eigenvalue weighted by Gasteiger charge is 2.30. The van der Waals surface area contributed by atoms with Gasteiger partial charge in [0, 0.05) is 18.1 Å². The molecule has 0 heterocycles. The van der Waals surface area contributed by atoms with Crippen LogP contribution in [0.4, 0.5) is 0 Å². The van der Waals surface area contributed by atoms with Crippen LogP contribution in [0.2, 0.25) is 5.02 Å². The summed E-state index contributed by atoms with van der Waals surface area (Å²) in [5.74, 6) is 0. The van der Waals surface area contributed by atoms with E-state index in [1.165, 1.54) is 24.8 Å². The second kappa shape index (κ2) is 4.54. The summed E-state index contributed by atoms with van der Waals surface area (Å²) in [5.41, 5.74) is 1.87. The fourth-order valence-electron chi connectivity index (χ4n) is 2.07. The highest BCUT2D eigenvalue weighted by atomic mass is 35.5. The third kappa shape index (κ3) is 2.96. The molecule has 1 saturated carbocycles. The van der Waals surface area contributed by atoms with Crippen molar-refractivity contribution in [2.45, 2.75) is 32.7 Å². The number of benzene rings is 1. The summed E-state index contributed by atoms with van der Waals surface area (Å²) in [4.78, 5) is 0. The Balaban J connectivity index is 1.76. The molecule has 0 radical (unpaired) electrons. The van der Waals surface area contributed by atoms with Gasteiger partial charge in [-0.05, 0) is 36.0 Å². The Kier molecular flexibility index (Phi) is 3.32. The molecule has 1 N–H and O–H groups in total. The lowest BCUT2D eigenvalue weighted by molar-refractivity contribution is 0.156. The predicted octanol–water partition coefficient (Wildman–Crippen LogP) is 3.62. The van der Waals surface area contributed by atoms with Gasteiger partial charge in [0.1, 0.15) is 0 Å². The van der Waals surface area contributed by atoms with Crippen molar-refractivity contribution in [1.82, 2.24) is 5.32 Å². The first kappa shape index (κ1) is 11.0. The first-order valence-electron chi connectivity index (χ1n) is 5.63. The van der Waals surface area contributed by atoms with Gasteiger partial charge in [0.05, 0.1) is 0 Å². The van der Waals surface area contributed by atoms with E-state index in [1.54, 1.807) is 0 Å². The molecule has 0 aliphatic heterocycles. The molecule has 1 aliphatic carbocycles. The van der Waals surface area contributed by atoms with Gasteiger partial charge in [-0.3, -0.25) is 0 Å². The maximum atomic E-state index is 5.83. The highest BCUT2D eigenvalue weighted by molar-refractivity contribution is 6.30. The molecule has 2 rings (SSSR count). The first-order chi connectivity index (χ1) is 7.18. The minimum absolute atomic E-state index is 0.562. The van der Waals surface area contributed by atoms with Crippen molar-refractivity contribution in [3.05, 3.63) is 34.9 Å². The third-order valence-electron chi connectivity index (χ3n) is 3.35. The number of hydrogen-bond acceptors (Lipinski definition) is 1. The van der Waals surface area contributed by atoms with Crippen LogP contribution in [0.3, 0.4) is 0 Å². The van der Waals surface area contributed by atoms with Gasteiger partial charge in [0.2, 0.25) is 0 Å². The van der Waals surface area contributed by atoms with Crippen molar-refractivity contribution in [3.63, 3.8) is 0 Å². The SMILES string of the molecule is CC1(CNCc2ccc(Cl)cc2)CCC1. The van der Waals surface area contributed by atoms with Gasteiger partial charge in [-0.2, -0.15) is 0 Å². The van der Waals surface area contributed by atoms with E-state index < -0.39 is 0 Å². The summed E-state index contributed by atoms with van der Waals surface area (Å²) in [6.07, 6.45) is 4.15. The van der Waals surface area contributed by atoms with Crippen LogP contribution in [-0.4, -0.2) is 6.54 Å². The summed E-state index contributed by atoms with van der Waals surface area (Å²) in [6, 6.07) is 8.06. The molecule has 2 heteroatoms. The molecule has 0 amide bonds. The normalized spacial score (nSPS) is 18.5. The molecule has 15 heavy (non-hydrogen) atoms. The fraction of sp³-hybridized carbons (Fsp3) is 0.538. The molecule has 1 fully saturated rings. The number of nitrogens with one attached hydrogen (secondary N) is 1. The van der Waals surface area contributed by atoms with Crippen molar-refractivity contribution in [2.24, 2.45) is 5.41 Å². The van der Waals surface area contributed by atoms with Crippen molar-refractivity contribution in [2.75, 3.05) is 6.54 Å².